The van der Waals surface area contributed by atoms with Crippen LogP contribution in [-0.4, -0.2) is 28.4 Å². The molecule has 0 saturated heterocycles. The van der Waals surface area contributed by atoms with Crippen molar-refractivity contribution in [3.8, 4) is 0 Å². The Morgan fingerprint density at radius 1 is 1.17 bits per heavy atom. The Balaban J connectivity index is 1.85. The fourth-order valence-corrected chi connectivity index (χ4v) is 3.52. The summed E-state index contributed by atoms with van der Waals surface area (Å²) < 4.78 is 0. The lowest BCUT2D eigenvalue weighted by atomic mass is 9.80. The number of carboxylic acid groups (broad SMARTS) is 1. The number of carboxylic acids is 1. The van der Waals surface area contributed by atoms with Crippen molar-refractivity contribution in [2.45, 2.75) is 50.0 Å². The molecular weight excluding hydrogens is 296 g/mol. The Hall–Kier alpha value is -2.37. The first-order valence-electron chi connectivity index (χ1n) is 7.96. The lowest BCUT2D eigenvalue weighted by Crippen LogP contribution is -2.57. The maximum Gasteiger partial charge on any atom is 0.329 e. The van der Waals surface area contributed by atoms with Crippen LogP contribution >= 0.6 is 0 Å². The molecule has 1 aromatic rings. The molecule has 0 radical (unpaired) electrons. The van der Waals surface area contributed by atoms with Gasteiger partial charge < -0.3 is 15.7 Å². The summed E-state index contributed by atoms with van der Waals surface area (Å²) in [5.41, 5.74) is 0.163. The molecule has 3 N–H and O–H groups in total. The number of aliphatic carboxylic acids is 1. The van der Waals surface area contributed by atoms with Gasteiger partial charge in [0.25, 0.3) is 0 Å². The molecule has 1 fully saturated rings. The van der Waals surface area contributed by atoms with Crippen molar-refractivity contribution >= 4 is 23.5 Å². The van der Waals surface area contributed by atoms with Gasteiger partial charge in [-0.2, -0.15) is 0 Å². The van der Waals surface area contributed by atoms with Gasteiger partial charge in [-0.3, -0.25) is 9.59 Å². The number of nitrogens with one attached hydrogen (secondary N) is 2. The van der Waals surface area contributed by atoms with E-state index in [2.05, 4.69) is 10.6 Å². The first kappa shape index (κ1) is 15.5. The van der Waals surface area contributed by atoms with E-state index < -0.39 is 17.4 Å². The molecule has 23 heavy (non-hydrogen) atoms. The predicted molar refractivity (Wildman–Crippen MR) is 84.0 cm³/mol. The smallest absolute Gasteiger partial charge is 0.329 e. The van der Waals surface area contributed by atoms with Crippen molar-refractivity contribution in [3.63, 3.8) is 0 Å². The molecule has 0 aromatic heterocycles. The first-order valence-corrected chi connectivity index (χ1v) is 7.96. The Labute approximate surface area is 134 Å². The van der Waals surface area contributed by atoms with Crippen LogP contribution in [0.4, 0.5) is 5.69 Å². The van der Waals surface area contributed by atoms with Crippen LogP contribution in [0.25, 0.3) is 0 Å². The molecule has 6 nitrogen and oxygen atoms in total. The average molecular weight is 316 g/mol. The van der Waals surface area contributed by atoms with Crippen molar-refractivity contribution in [3.05, 3.63) is 29.8 Å². The predicted octanol–water partition coefficient (Wildman–Crippen LogP) is 2.02. The molecule has 1 aliphatic heterocycles. The van der Waals surface area contributed by atoms with E-state index in [4.69, 9.17) is 0 Å². The van der Waals surface area contributed by atoms with E-state index >= 15 is 0 Å². The van der Waals surface area contributed by atoms with Gasteiger partial charge in [-0.05, 0) is 24.5 Å². The summed E-state index contributed by atoms with van der Waals surface area (Å²) in [6.07, 6.45) is 3.48. The fourth-order valence-electron chi connectivity index (χ4n) is 3.52. The second kappa shape index (κ2) is 6.02. The average Bonchev–Trinajstić information content (AvgIpc) is 2.54. The molecule has 1 heterocycles. The van der Waals surface area contributed by atoms with Crippen LogP contribution in [0.15, 0.2) is 24.3 Å². The van der Waals surface area contributed by atoms with Crippen molar-refractivity contribution in [2.75, 3.05) is 5.32 Å². The summed E-state index contributed by atoms with van der Waals surface area (Å²) in [6, 6.07) is 7.15. The van der Waals surface area contributed by atoms with Gasteiger partial charge >= 0.3 is 5.97 Å². The molecule has 1 aliphatic carbocycles. The standard InChI is InChI=1S/C17H20N2O4/c20-14-10-12(11-6-2-3-7-13(11)18-14)15(21)19-17(16(22)23)8-4-1-5-9-17/h2-3,6-7,12H,1,4-5,8-10H2,(H,18,20)(H,19,21)(H,22,23). The zero-order valence-electron chi connectivity index (χ0n) is 12.8. The van der Waals surface area contributed by atoms with E-state index in [-0.39, 0.29) is 18.2 Å². The summed E-state index contributed by atoms with van der Waals surface area (Å²) in [7, 11) is 0. The van der Waals surface area contributed by atoms with Gasteiger partial charge in [0.15, 0.2) is 0 Å². The van der Waals surface area contributed by atoms with Crippen LogP contribution in [0.2, 0.25) is 0 Å². The number of amides is 2. The third kappa shape index (κ3) is 2.93. The van der Waals surface area contributed by atoms with Crippen molar-refractivity contribution < 1.29 is 19.5 Å². The molecular formula is C17H20N2O4. The normalized spacial score (nSPS) is 22.6. The van der Waals surface area contributed by atoms with Gasteiger partial charge in [-0.25, -0.2) is 4.79 Å². The van der Waals surface area contributed by atoms with E-state index in [0.717, 1.165) is 24.8 Å². The van der Waals surface area contributed by atoms with Crippen molar-refractivity contribution in [1.82, 2.24) is 5.32 Å². The first-order chi connectivity index (χ1) is 11.0. The molecule has 0 bridgehead atoms. The van der Waals surface area contributed by atoms with Crippen LogP contribution in [0, 0.1) is 0 Å². The number of hydrogen-bond acceptors (Lipinski definition) is 3. The summed E-state index contributed by atoms with van der Waals surface area (Å²) >= 11 is 0. The van der Waals surface area contributed by atoms with Crippen LogP contribution in [0.3, 0.4) is 0 Å². The van der Waals surface area contributed by atoms with E-state index in [1.54, 1.807) is 18.2 Å². The topological polar surface area (TPSA) is 95.5 Å². The molecule has 0 spiro atoms. The van der Waals surface area contributed by atoms with Gasteiger partial charge in [0.1, 0.15) is 5.54 Å². The minimum absolute atomic E-state index is 0.0402. The number of carbonyl (C=O) groups is 3. The van der Waals surface area contributed by atoms with Crippen molar-refractivity contribution in [2.24, 2.45) is 0 Å². The Bertz CT molecular complexity index is 650. The number of hydrogen-bond donors (Lipinski definition) is 3. The molecule has 1 unspecified atom stereocenters. The summed E-state index contributed by atoms with van der Waals surface area (Å²) in [5.74, 6) is -2.23. The van der Waals surface area contributed by atoms with Crippen LogP contribution in [0.5, 0.6) is 0 Å². The second-order valence-corrected chi connectivity index (χ2v) is 6.33. The number of fused-ring (bicyclic) bond motifs is 1. The molecule has 122 valence electrons. The highest BCUT2D eigenvalue weighted by Gasteiger charge is 2.43. The lowest BCUT2D eigenvalue weighted by Gasteiger charge is -2.36. The minimum atomic E-state index is -1.20. The molecule has 1 saturated carbocycles. The number of rotatable bonds is 3. The molecule has 2 aliphatic rings. The molecule has 2 amide bonds. The van der Waals surface area contributed by atoms with E-state index in [9.17, 15) is 19.5 Å². The third-order valence-electron chi connectivity index (χ3n) is 4.80. The fraction of sp³-hybridized carbons (Fsp3) is 0.471. The molecule has 6 heteroatoms. The molecule has 1 atom stereocenters. The Kier molecular flexibility index (Phi) is 4.07. The van der Waals surface area contributed by atoms with Gasteiger partial charge in [0, 0.05) is 12.1 Å². The molecule has 1 aromatic carbocycles. The number of benzene rings is 1. The highest BCUT2D eigenvalue weighted by atomic mass is 16.4. The summed E-state index contributed by atoms with van der Waals surface area (Å²) in [4.78, 5) is 36.3. The maximum atomic E-state index is 12.7. The van der Waals surface area contributed by atoms with Crippen LogP contribution in [-0.2, 0) is 14.4 Å². The van der Waals surface area contributed by atoms with Gasteiger partial charge in [-0.1, -0.05) is 37.5 Å². The highest BCUT2D eigenvalue weighted by molar-refractivity contribution is 6.02. The highest BCUT2D eigenvalue weighted by Crippen LogP contribution is 2.34. The van der Waals surface area contributed by atoms with Gasteiger partial charge in [0.05, 0.1) is 5.92 Å². The van der Waals surface area contributed by atoms with E-state index in [1.807, 2.05) is 6.07 Å². The number of carbonyl (C=O) groups excluding carboxylic acids is 2. The number of para-hydroxylation sites is 1. The van der Waals surface area contributed by atoms with E-state index in [1.165, 1.54) is 0 Å². The third-order valence-corrected chi connectivity index (χ3v) is 4.80. The summed E-state index contributed by atoms with van der Waals surface area (Å²) in [6.45, 7) is 0. The van der Waals surface area contributed by atoms with E-state index in [0.29, 0.717) is 18.5 Å². The van der Waals surface area contributed by atoms with Gasteiger partial charge in [-0.15, -0.1) is 0 Å². The lowest BCUT2D eigenvalue weighted by molar-refractivity contribution is -0.149. The number of anilines is 1. The zero-order valence-corrected chi connectivity index (χ0v) is 12.8. The Morgan fingerprint density at radius 2 is 1.87 bits per heavy atom. The summed E-state index contributed by atoms with van der Waals surface area (Å²) in [5, 5.41) is 15.1. The maximum absolute atomic E-state index is 12.7. The quantitative estimate of drug-likeness (QED) is 0.795. The van der Waals surface area contributed by atoms with Crippen molar-refractivity contribution in [1.29, 1.82) is 0 Å². The monoisotopic (exact) mass is 316 g/mol. The SMILES string of the molecule is O=C1CC(C(=O)NC2(C(=O)O)CCCCC2)c2ccccc2N1. The molecule has 3 rings (SSSR count). The second-order valence-electron chi connectivity index (χ2n) is 6.33. The van der Waals surface area contributed by atoms with Gasteiger partial charge in [0.2, 0.25) is 11.8 Å². The van der Waals surface area contributed by atoms with Crippen LogP contribution < -0.4 is 10.6 Å². The largest absolute Gasteiger partial charge is 0.480 e. The van der Waals surface area contributed by atoms with Crippen LogP contribution in [0.1, 0.15) is 50.0 Å². The zero-order chi connectivity index (χ0) is 16.4. The minimum Gasteiger partial charge on any atom is -0.480 e. The Morgan fingerprint density at radius 3 is 2.57 bits per heavy atom.